The summed E-state index contributed by atoms with van der Waals surface area (Å²) in [6.07, 6.45) is 0. The van der Waals surface area contributed by atoms with Gasteiger partial charge in [0.2, 0.25) is 0 Å². The van der Waals surface area contributed by atoms with E-state index in [4.69, 9.17) is 0 Å². The summed E-state index contributed by atoms with van der Waals surface area (Å²) < 4.78 is 28.1. The van der Waals surface area contributed by atoms with E-state index in [2.05, 4.69) is 4.74 Å². The van der Waals surface area contributed by atoms with Gasteiger partial charge in [-0.3, -0.25) is 4.79 Å². The largest absolute Gasteiger partial charge is 0.435 e. The number of carbonyl (C=O) groups excluding carboxylic acids is 1. The van der Waals surface area contributed by atoms with E-state index in [0.717, 1.165) is 0 Å². The van der Waals surface area contributed by atoms with E-state index in [-0.39, 0.29) is 17.5 Å². The highest BCUT2D eigenvalue weighted by Crippen LogP contribution is 2.17. The summed E-state index contributed by atoms with van der Waals surface area (Å²) in [5, 5.41) is 0. The lowest BCUT2D eigenvalue weighted by molar-refractivity contribution is -0.0498. The summed E-state index contributed by atoms with van der Waals surface area (Å²) in [6, 6.07) is 5.77. The molecule has 1 rings (SSSR count). The van der Waals surface area contributed by atoms with Crippen molar-refractivity contribution < 1.29 is 18.3 Å². The number of nitrogens with zero attached hydrogens (tertiary/aromatic N) is 1. The lowest BCUT2D eigenvalue weighted by Crippen LogP contribution is -2.25. The van der Waals surface area contributed by atoms with E-state index in [1.165, 1.54) is 24.3 Å². The van der Waals surface area contributed by atoms with Crippen LogP contribution in [0.15, 0.2) is 24.3 Å². The predicted octanol–water partition coefficient (Wildman–Crippen LogP) is 2.67. The molecule has 18 heavy (non-hydrogen) atoms. The number of hydrogen-bond acceptors (Lipinski definition) is 3. The molecule has 1 unspecified atom stereocenters. The van der Waals surface area contributed by atoms with Crippen molar-refractivity contribution in [1.82, 2.24) is 4.90 Å². The van der Waals surface area contributed by atoms with E-state index in [0.29, 0.717) is 12.1 Å². The Morgan fingerprint density at radius 2 is 1.83 bits per heavy atom. The summed E-state index contributed by atoms with van der Waals surface area (Å²) in [5.74, 6) is -0.0871. The first-order valence-corrected chi connectivity index (χ1v) is 5.64. The molecule has 0 radical (unpaired) electrons. The average Bonchev–Trinajstić information content (AvgIpc) is 2.27. The Hall–Kier alpha value is -1.49. The Labute approximate surface area is 105 Å². The fourth-order valence-corrected chi connectivity index (χ4v) is 1.72. The van der Waals surface area contributed by atoms with Crippen molar-refractivity contribution in [1.29, 1.82) is 0 Å². The number of rotatable bonds is 6. The van der Waals surface area contributed by atoms with Crippen molar-refractivity contribution in [2.75, 3.05) is 20.6 Å². The highest BCUT2D eigenvalue weighted by atomic mass is 19.3. The van der Waals surface area contributed by atoms with Gasteiger partial charge >= 0.3 is 6.61 Å². The summed E-state index contributed by atoms with van der Waals surface area (Å²) in [4.78, 5) is 13.9. The van der Waals surface area contributed by atoms with E-state index in [1.807, 2.05) is 25.9 Å². The first kappa shape index (κ1) is 14.6. The van der Waals surface area contributed by atoms with Gasteiger partial charge < -0.3 is 9.64 Å². The molecule has 0 aliphatic heterocycles. The van der Waals surface area contributed by atoms with Gasteiger partial charge in [-0.25, -0.2) is 0 Å². The van der Waals surface area contributed by atoms with Crippen molar-refractivity contribution in [2.45, 2.75) is 13.5 Å². The summed E-state index contributed by atoms with van der Waals surface area (Å²) >= 11 is 0. The summed E-state index contributed by atoms with van der Waals surface area (Å²) in [6.45, 7) is -0.362. The average molecular weight is 257 g/mol. The van der Waals surface area contributed by atoms with E-state index >= 15 is 0 Å². The van der Waals surface area contributed by atoms with Crippen LogP contribution in [0.4, 0.5) is 8.78 Å². The van der Waals surface area contributed by atoms with Gasteiger partial charge in [0.1, 0.15) is 5.75 Å². The minimum atomic E-state index is -2.85. The molecule has 5 heteroatoms. The number of hydrogen-bond donors (Lipinski definition) is 0. The highest BCUT2D eigenvalue weighted by molar-refractivity contribution is 5.97. The smallest absolute Gasteiger partial charge is 0.387 e. The highest BCUT2D eigenvalue weighted by Gasteiger charge is 2.16. The molecular formula is C13H17F2NO2. The van der Waals surface area contributed by atoms with Gasteiger partial charge in [-0.05, 0) is 38.4 Å². The van der Waals surface area contributed by atoms with Gasteiger partial charge in [0.05, 0.1) is 0 Å². The fourth-order valence-electron chi connectivity index (χ4n) is 1.72. The lowest BCUT2D eigenvalue weighted by Gasteiger charge is -2.15. The van der Waals surface area contributed by atoms with Crippen LogP contribution >= 0.6 is 0 Å². The molecule has 1 atom stereocenters. The van der Waals surface area contributed by atoms with Crippen molar-refractivity contribution in [3.63, 3.8) is 0 Å². The number of ether oxygens (including phenoxy) is 1. The maximum atomic E-state index is 12.0. The molecule has 0 spiro atoms. The quantitative estimate of drug-likeness (QED) is 0.734. The SMILES string of the molecule is CC(CN(C)C)C(=O)c1ccc(OC(F)F)cc1. The molecule has 1 aromatic carbocycles. The zero-order valence-corrected chi connectivity index (χ0v) is 10.7. The third-order valence-corrected chi connectivity index (χ3v) is 2.45. The number of halogens is 2. The summed E-state index contributed by atoms with van der Waals surface area (Å²) in [7, 11) is 3.78. The molecule has 0 fully saturated rings. The van der Waals surface area contributed by atoms with Crippen molar-refractivity contribution in [3.05, 3.63) is 29.8 Å². The molecule has 1 aromatic rings. The molecule has 0 saturated carbocycles. The van der Waals surface area contributed by atoms with Crippen LogP contribution in [-0.2, 0) is 0 Å². The Morgan fingerprint density at radius 1 is 1.28 bits per heavy atom. The molecule has 3 nitrogen and oxygen atoms in total. The zero-order chi connectivity index (χ0) is 13.7. The second-order valence-corrected chi connectivity index (χ2v) is 4.43. The van der Waals surface area contributed by atoms with Crippen LogP contribution in [0.5, 0.6) is 5.75 Å². The molecule has 0 aromatic heterocycles. The Kier molecular flexibility index (Phi) is 5.22. The Morgan fingerprint density at radius 3 is 2.28 bits per heavy atom. The van der Waals surface area contributed by atoms with Crippen molar-refractivity contribution in [3.8, 4) is 5.75 Å². The molecule has 0 aliphatic rings. The fraction of sp³-hybridized carbons (Fsp3) is 0.462. The predicted molar refractivity (Wildman–Crippen MR) is 65.1 cm³/mol. The van der Waals surface area contributed by atoms with E-state index < -0.39 is 6.61 Å². The molecule has 0 heterocycles. The number of ketones is 1. The second-order valence-electron chi connectivity index (χ2n) is 4.43. The number of Topliss-reactive ketones (excluding diaryl/α,β-unsaturated/α-hetero) is 1. The molecular weight excluding hydrogens is 240 g/mol. The Bertz CT molecular complexity index is 390. The maximum Gasteiger partial charge on any atom is 0.387 e. The minimum Gasteiger partial charge on any atom is -0.435 e. The van der Waals surface area contributed by atoms with E-state index in [1.54, 1.807) is 0 Å². The van der Waals surface area contributed by atoms with Gasteiger partial charge in [0, 0.05) is 18.0 Å². The normalized spacial score (nSPS) is 12.8. The van der Waals surface area contributed by atoms with Crippen LogP contribution in [0.3, 0.4) is 0 Å². The van der Waals surface area contributed by atoms with Crippen LogP contribution in [0.1, 0.15) is 17.3 Å². The molecule has 0 amide bonds. The number of alkyl halides is 2. The Balaban J connectivity index is 2.69. The topological polar surface area (TPSA) is 29.5 Å². The van der Waals surface area contributed by atoms with Crippen LogP contribution in [-0.4, -0.2) is 37.9 Å². The first-order chi connectivity index (χ1) is 8.40. The zero-order valence-electron chi connectivity index (χ0n) is 10.7. The van der Waals surface area contributed by atoms with Crippen molar-refractivity contribution in [2.24, 2.45) is 5.92 Å². The third kappa shape index (κ3) is 4.41. The van der Waals surface area contributed by atoms with Gasteiger partial charge in [-0.2, -0.15) is 8.78 Å². The molecule has 0 aliphatic carbocycles. The number of carbonyl (C=O) groups is 1. The maximum absolute atomic E-state index is 12.0. The van der Waals surface area contributed by atoms with Gasteiger partial charge in [-0.15, -0.1) is 0 Å². The van der Waals surface area contributed by atoms with Gasteiger partial charge in [0.15, 0.2) is 5.78 Å². The van der Waals surface area contributed by atoms with Crippen LogP contribution in [0, 0.1) is 5.92 Å². The first-order valence-electron chi connectivity index (χ1n) is 5.64. The van der Waals surface area contributed by atoms with Crippen LogP contribution in [0.2, 0.25) is 0 Å². The third-order valence-electron chi connectivity index (χ3n) is 2.45. The van der Waals surface area contributed by atoms with Gasteiger partial charge in [-0.1, -0.05) is 6.92 Å². The standard InChI is InChI=1S/C13H17F2NO2/c1-9(8-16(2)3)12(17)10-4-6-11(7-5-10)18-13(14)15/h4-7,9,13H,8H2,1-3H3. The molecule has 0 saturated heterocycles. The lowest BCUT2D eigenvalue weighted by atomic mass is 9.99. The molecule has 0 bridgehead atoms. The molecule has 0 N–H and O–H groups in total. The van der Waals surface area contributed by atoms with Crippen LogP contribution in [0.25, 0.3) is 0 Å². The summed E-state index contributed by atoms with van der Waals surface area (Å²) in [5.41, 5.74) is 0.506. The van der Waals surface area contributed by atoms with Gasteiger partial charge in [0.25, 0.3) is 0 Å². The number of benzene rings is 1. The minimum absolute atomic E-state index is 0.00713. The van der Waals surface area contributed by atoms with Crippen LogP contribution < -0.4 is 4.74 Å². The molecule has 100 valence electrons. The van der Waals surface area contributed by atoms with E-state index in [9.17, 15) is 13.6 Å². The second kappa shape index (κ2) is 6.44. The monoisotopic (exact) mass is 257 g/mol. The van der Waals surface area contributed by atoms with Crippen molar-refractivity contribution >= 4 is 5.78 Å².